The fraction of sp³-hybridized carbons (Fsp3) is 0.778. The maximum absolute atomic E-state index is 5.88. The average Bonchev–Trinajstić information content (AvgIpc) is 3.05. The first kappa shape index (κ1) is 18.8. The summed E-state index contributed by atoms with van der Waals surface area (Å²) in [5.41, 5.74) is 0. The Hall–Kier alpha value is -0.960. The van der Waals surface area contributed by atoms with Crippen molar-refractivity contribution in [2.75, 3.05) is 78.8 Å². The summed E-state index contributed by atoms with van der Waals surface area (Å²) >= 11 is 0. The van der Waals surface area contributed by atoms with E-state index in [9.17, 15) is 0 Å². The van der Waals surface area contributed by atoms with Gasteiger partial charge >= 0.3 is 0 Å². The lowest BCUT2D eigenvalue weighted by Gasteiger charge is -2.26. The number of fused-ring (bicyclic) bond motifs is 14. The summed E-state index contributed by atoms with van der Waals surface area (Å²) in [5, 5.41) is 6.94. The summed E-state index contributed by atoms with van der Waals surface area (Å²) < 4.78 is 17.6. The highest BCUT2D eigenvalue weighted by Crippen LogP contribution is 2.07. The molecule has 25 heavy (non-hydrogen) atoms. The van der Waals surface area contributed by atoms with Gasteiger partial charge < -0.3 is 24.5 Å². The number of rotatable bonds is 0. The molecule has 3 aliphatic heterocycles. The van der Waals surface area contributed by atoms with Crippen molar-refractivity contribution < 1.29 is 13.9 Å². The fourth-order valence-electron chi connectivity index (χ4n) is 3.16. The lowest BCUT2D eigenvalue weighted by molar-refractivity contribution is 0.0383. The molecule has 0 aromatic carbocycles. The van der Waals surface area contributed by atoms with E-state index in [1.165, 1.54) is 0 Å². The van der Waals surface area contributed by atoms with Crippen molar-refractivity contribution >= 4 is 0 Å². The fourth-order valence-corrected chi connectivity index (χ4v) is 3.16. The molecular weight excluding hydrogens is 320 g/mol. The van der Waals surface area contributed by atoms with E-state index in [0.29, 0.717) is 0 Å². The Morgan fingerprint density at radius 1 is 0.640 bits per heavy atom. The summed E-state index contributed by atoms with van der Waals surface area (Å²) in [4.78, 5) is 4.82. The number of hydrogen-bond acceptors (Lipinski definition) is 7. The van der Waals surface area contributed by atoms with Gasteiger partial charge in [-0.05, 0) is 12.1 Å². The Morgan fingerprint density at radius 2 is 1.08 bits per heavy atom. The quantitative estimate of drug-likeness (QED) is 0.688. The van der Waals surface area contributed by atoms with E-state index in [0.717, 1.165) is 103 Å². The Morgan fingerprint density at radius 3 is 1.52 bits per heavy atom. The van der Waals surface area contributed by atoms with Crippen molar-refractivity contribution in [3.8, 4) is 0 Å². The minimum Gasteiger partial charge on any atom is -0.463 e. The van der Waals surface area contributed by atoms with Crippen LogP contribution in [0.4, 0.5) is 0 Å². The van der Waals surface area contributed by atoms with Crippen molar-refractivity contribution in [2.24, 2.45) is 0 Å². The summed E-state index contributed by atoms with van der Waals surface area (Å²) in [7, 11) is 0. The maximum atomic E-state index is 5.88. The third kappa shape index (κ3) is 7.05. The van der Waals surface area contributed by atoms with Crippen LogP contribution in [0.25, 0.3) is 0 Å². The number of nitrogens with zero attached hydrogens (tertiary/aromatic N) is 2. The molecule has 0 saturated carbocycles. The molecule has 2 N–H and O–H groups in total. The van der Waals surface area contributed by atoms with Gasteiger partial charge in [0.25, 0.3) is 0 Å². The number of ether oxygens (including phenoxy) is 2. The average molecular weight is 352 g/mol. The highest BCUT2D eigenvalue weighted by Gasteiger charge is 2.10. The smallest absolute Gasteiger partial charge is 0.118 e. The highest BCUT2D eigenvalue weighted by molar-refractivity contribution is 5.06. The zero-order valence-electron chi connectivity index (χ0n) is 15.2. The number of hydrogen-bond donors (Lipinski definition) is 2. The molecule has 0 amide bonds. The predicted molar refractivity (Wildman–Crippen MR) is 96.6 cm³/mol. The Labute approximate surface area is 150 Å². The largest absolute Gasteiger partial charge is 0.463 e. The predicted octanol–water partition coefficient (Wildman–Crippen LogP) is 0.123. The molecule has 4 bridgehead atoms. The Bertz CT molecular complexity index is 430. The van der Waals surface area contributed by atoms with E-state index in [1.807, 2.05) is 0 Å². The van der Waals surface area contributed by atoms with Gasteiger partial charge in [-0.3, -0.25) is 9.80 Å². The molecule has 7 heteroatoms. The van der Waals surface area contributed by atoms with Crippen LogP contribution < -0.4 is 10.6 Å². The molecule has 4 rings (SSSR count). The SMILES string of the molecule is c1cc2oc1CNCCN1CCOCCN(CCNC2)CCOCC1. The van der Waals surface area contributed by atoms with Gasteiger partial charge in [0.1, 0.15) is 11.5 Å². The zero-order chi connectivity index (χ0) is 17.2. The first-order valence-corrected chi connectivity index (χ1v) is 9.49. The summed E-state index contributed by atoms with van der Waals surface area (Å²) in [6.07, 6.45) is 0. The van der Waals surface area contributed by atoms with Crippen LogP contribution in [-0.4, -0.2) is 88.6 Å². The summed E-state index contributed by atoms with van der Waals surface area (Å²) in [5.74, 6) is 2.00. The van der Waals surface area contributed by atoms with Gasteiger partial charge in [-0.2, -0.15) is 0 Å². The van der Waals surface area contributed by atoms with Crippen LogP contribution in [0.2, 0.25) is 0 Å². The van der Waals surface area contributed by atoms with Gasteiger partial charge in [0.05, 0.1) is 39.5 Å². The minimum atomic E-state index is 0.772. The summed E-state index contributed by atoms with van der Waals surface area (Å²) in [6, 6.07) is 4.14. The van der Waals surface area contributed by atoms with Crippen molar-refractivity contribution in [3.05, 3.63) is 23.7 Å². The topological polar surface area (TPSA) is 62.1 Å². The van der Waals surface area contributed by atoms with Crippen molar-refractivity contribution in [1.82, 2.24) is 20.4 Å². The van der Waals surface area contributed by atoms with Crippen LogP contribution in [0.5, 0.6) is 0 Å². The van der Waals surface area contributed by atoms with E-state index in [-0.39, 0.29) is 0 Å². The van der Waals surface area contributed by atoms with E-state index in [1.54, 1.807) is 0 Å². The minimum absolute atomic E-state index is 0.772. The Balaban J connectivity index is 1.60. The normalized spacial score (nSPS) is 28.3. The molecule has 0 radical (unpaired) electrons. The Kier molecular flexibility index (Phi) is 8.21. The van der Waals surface area contributed by atoms with Gasteiger partial charge in [0, 0.05) is 52.4 Å². The van der Waals surface area contributed by atoms with Gasteiger partial charge in [-0.1, -0.05) is 0 Å². The lowest BCUT2D eigenvalue weighted by atomic mass is 10.4. The molecule has 4 heterocycles. The van der Waals surface area contributed by atoms with Gasteiger partial charge in [-0.25, -0.2) is 0 Å². The lowest BCUT2D eigenvalue weighted by Crippen LogP contribution is -2.40. The number of nitrogens with one attached hydrogen (secondary N) is 2. The van der Waals surface area contributed by atoms with Crippen LogP contribution in [0.15, 0.2) is 16.5 Å². The molecular formula is C18H32N4O3. The third-order valence-electron chi connectivity index (χ3n) is 4.73. The summed E-state index contributed by atoms with van der Waals surface area (Å²) in [6.45, 7) is 12.4. The second-order valence-electron chi connectivity index (χ2n) is 6.63. The van der Waals surface area contributed by atoms with Gasteiger partial charge in [-0.15, -0.1) is 0 Å². The van der Waals surface area contributed by atoms with Crippen molar-refractivity contribution in [3.63, 3.8) is 0 Å². The monoisotopic (exact) mass is 352 g/mol. The van der Waals surface area contributed by atoms with Crippen LogP contribution in [-0.2, 0) is 22.6 Å². The first-order chi connectivity index (χ1) is 12.4. The van der Waals surface area contributed by atoms with Crippen LogP contribution in [0.3, 0.4) is 0 Å². The molecule has 0 spiro atoms. The van der Waals surface area contributed by atoms with Gasteiger partial charge in [0.15, 0.2) is 0 Å². The molecule has 1 aromatic rings. The van der Waals surface area contributed by atoms with Crippen LogP contribution in [0.1, 0.15) is 11.5 Å². The van der Waals surface area contributed by atoms with Crippen LogP contribution in [0, 0.1) is 0 Å². The zero-order valence-corrected chi connectivity index (χ0v) is 15.2. The maximum Gasteiger partial charge on any atom is 0.118 e. The van der Waals surface area contributed by atoms with E-state index in [4.69, 9.17) is 13.9 Å². The van der Waals surface area contributed by atoms with Gasteiger partial charge in [0.2, 0.25) is 0 Å². The van der Waals surface area contributed by atoms with Crippen molar-refractivity contribution in [2.45, 2.75) is 13.1 Å². The van der Waals surface area contributed by atoms with Crippen LogP contribution >= 0.6 is 0 Å². The van der Waals surface area contributed by atoms with E-state index < -0.39 is 0 Å². The molecule has 142 valence electrons. The van der Waals surface area contributed by atoms with Crippen molar-refractivity contribution in [1.29, 1.82) is 0 Å². The molecule has 1 fully saturated rings. The van der Waals surface area contributed by atoms with E-state index >= 15 is 0 Å². The first-order valence-electron chi connectivity index (χ1n) is 9.49. The highest BCUT2D eigenvalue weighted by atomic mass is 16.5. The second kappa shape index (κ2) is 10.9. The molecule has 1 aromatic heterocycles. The van der Waals surface area contributed by atoms with E-state index in [2.05, 4.69) is 32.6 Å². The standard InChI is InChI=1S/C18H32N4O3/c1-2-18-16-20-4-6-22-9-13-23-11-7-21(8-12-24-14-10-22)5-3-19-15-17(1)25-18/h1-2,19-20H,3-16H2. The molecule has 0 aliphatic carbocycles. The third-order valence-corrected chi connectivity index (χ3v) is 4.73. The molecule has 1 saturated heterocycles. The molecule has 0 atom stereocenters. The second-order valence-corrected chi connectivity index (χ2v) is 6.63. The molecule has 0 unspecified atom stereocenters. The molecule has 3 aliphatic rings. The molecule has 7 nitrogen and oxygen atoms in total. The number of furan rings is 1.